The number of benzene rings is 1. The zero-order valence-electron chi connectivity index (χ0n) is 17.0. The van der Waals surface area contributed by atoms with Crippen LogP contribution in [0.4, 0.5) is 5.69 Å². The Morgan fingerprint density at radius 1 is 1.28 bits per heavy atom. The number of carbonyl (C=O) groups is 1. The number of amides is 1. The summed E-state index contributed by atoms with van der Waals surface area (Å²) < 4.78 is 1.31. The van der Waals surface area contributed by atoms with Gasteiger partial charge in [0.15, 0.2) is 6.54 Å². The van der Waals surface area contributed by atoms with E-state index in [0.29, 0.717) is 17.9 Å². The van der Waals surface area contributed by atoms with Gasteiger partial charge in [0, 0.05) is 6.04 Å². The minimum atomic E-state index is -0.325. The number of hydrogen-bond donors (Lipinski definition) is 2. The minimum absolute atomic E-state index is 0.0968. The Labute approximate surface area is 176 Å². The number of carbonyl (C=O) groups excluding carboxylic acids is 1. The van der Waals surface area contributed by atoms with Crippen molar-refractivity contribution in [3.05, 3.63) is 51.9 Å². The van der Waals surface area contributed by atoms with E-state index in [2.05, 4.69) is 22.2 Å². The van der Waals surface area contributed by atoms with Crippen LogP contribution in [0.15, 0.2) is 41.3 Å². The summed E-state index contributed by atoms with van der Waals surface area (Å²) in [5.74, 6) is 0.0968. The van der Waals surface area contributed by atoms with Crippen LogP contribution in [0.25, 0.3) is 5.69 Å². The highest BCUT2D eigenvalue weighted by atomic mass is 35.5. The number of rotatable bonds is 7. The second kappa shape index (κ2) is 9.89. The third kappa shape index (κ3) is 5.36. The third-order valence-electron chi connectivity index (χ3n) is 5.25. The largest absolute Gasteiger partial charge is 0.358 e. The van der Waals surface area contributed by atoms with E-state index < -0.39 is 0 Å². The monoisotopic (exact) mass is 418 g/mol. The SMILES string of the molecule is CCC[C@H](C)NC(=O)C[NH+]1CCN(c2cnn(-c3ccccc3)c(=O)c2Cl)CC1. The molecule has 1 aliphatic rings. The summed E-state index contributed by atoms with van der Waals surface area (Å²) in [6.45, 7) is 7.71. The van der Waals surface area contributed by atoms with Gasteiger partial charge in [0.1, 0.15) is 5.02 Å². The Bertz CT molecular complexity index is 878. The highest BCUT2D eigenvalue weighted by molar-refractivity contribution is 6.33. The highest BCUT2D eigenvalue weighted by Gasteiger charge is 2.25. The van der Waals surface area contributed by atoms with E-state index in [-0.39, 0.29) is 22.5 Å². The molecule has 0 radical (unpaired) electrons. The van der Waals surface area contributed by atoms with E-state index in [1.807, 2.05) is 37.3 Å². The molecule has 2 N–H and O–H groups in total. The van der Waals surface area contributed by atoms with Crippen molar-refractivity contribution in [2.45, 2.75) is 32.7 Å². The normalized spacial score (nSPS) is 15.9. The van der Waals surface area contributed by atoms with Crippen LogP contribution >= 0.6 is 11.6 Å². The predicted molar refractivity (Wildman–Crippen MR) is 115 cm³/mol. The maximum Gasteiger partial charge on any atom is 0.292 e. The van der Waals surface area contributed by atoms with Crippen molar-refractivity contribution in [2.75, 3.05) is 37.6 Å². The number of aromatic nitrogens is 2. The van der Waals surface area contributed by atoms with Crippen molar-refractivity contribution in [1.82, 2.24) is 15.1 Å². The van der Waals surface area contributed by atoms with Gasteiger partial charge in [0.2, 0.25) is 0 Å². The minimum Gasteiger partial charge on any atom is -0.358 e. The van der Waals surface area contributed by atoms with Crippen LogP contribution in [0.3, 0.4) is 0 Å². The van der Waals surface area contributed by atoms with Crippen LogP contribution in [0.5, 0.6) is 0 Å². The molecule has 0 unspecified atom stereocenters. The first kappa shape index (κ1) is 21.3. The maximum atomic E-state index is 12.7. The molecule has 1 atom stereocenters. The standard InChI is InChI=1S/C21H28ClN5O2/c1-3-7-16(2)24-19(28)15-25-10-12-26(13-11-25)18-14-23-27(21(29)20(18)22)17-8-5-4-6-9-17/h4-6,8-9,14,16H,3,7,10-13,15H2,1-2H3,(H,24,28)/p+1/t16-/m0/s1. The highest BCUT2D eigenvalue weighted by Crippen LogP contribution is 2.21. The number of quaternary nitrogens is 1. The molecule has 1 aliphatic heterocycles. The molecular weight excluding hydrogens is 390 g/mol. The first-order chi connectivity index (χ1) is 14.0. The molecule has 2 aromatic rings. The number of anilines is 1. The molecule has 156 valence electrons. The van der Waals surface area contributed by atoms with Crippen LogP contribution in [-0.2, 0) is 4.79 Å². The Balaban J connectivity index is 1.60. The van der Waals surface area contributed by atoms with Crippen molar-refractivity contribution in [3.8, 4) is 5.69 Å². The lowest BCUT2D eigenvalue weighted by atomic mass is 10.2. The number of para-hydroxylation sites is 1. The van der Waals surface area contributed by atoms with E-state index in [0.717, 1.165) is 39.0 Å². The van der Waals surface area contributed by atoms with Crippen molar-refractivity contribution in [2.24, 2.45) is 0 Å². The summed E-state index contributed by atoms with van der Waals surface area (Å²) >= 11 is 6.40. The number of nitrogens with zero attached hydrogens (tertiary/aromatic N) is 3. The van der Waals surface area contributed by atoms with Gasteiger partial charge in [-0.1, -0.05) is 43.1 Å². The molecule has 2 heterocycles. The van der Waals surface area contributed by atoms with Crippen LogP contribution in [0, 0.1) is 0 Å². The zero-order valence-corrected chi connectivity index (χ0v) is 17.8. The molecule has 0 spiro atoms. The van der Waals surface area contributed by atoms with Crippen LogP contribution in [0.1, 0.15) is 26.7 Å². The van der Waals surface area contributed by atoms with Crippen molar-refractivity contribution < 1.29 is 9.69 Å². The van der Waals surface area contributed by atoms with E-state index in [9.17, 15) is 9.59 Å². The van der Waals surface area contributed by atoms with Gasteiger partial charge in [-0.25, -0.2) is 0 Å². The summed E-state index contributed by atoms with van der Waals surface area (Å²) in [6.07, 6.45) is 3.71. The smallest absolute Gasteiger partial charge is 0.292 e. The van der Waals surface area contributed by atoms with Gasteiger partial charge < -0.3 is 15.1 Å². The van der Waals surface area contributed by atoms with Gasteiger partial charge in [-0.3, -0.25) is 9.59 Å². The predicted octanol–water partition coefficient (Wildman–Crippen LogP) is 0.896. The molecule has 1 saturated heterocycles. The van der Waals surface area contributed by atoms with Gasteiger partial charge in [-0.2, -0.15) is 9.78 Å². The number of hydrogen-bond acceptors (Lipinski definition) is 4. The molecule has 1 aromatic carbocycles. The zero-order chi connectivity index (χ0) is 20.8. The number of halogens is 1. The second-order valence-electron chi connectivity index (χ2n) is 7.57. The third-order valence-corrected chi connectivity index (χ3v) is 5.61. The average Bonchev–Trinajstić information content (AvgIpc) is 2.71. The maximum absolute atomic E-state index is 12.7. The average molecular weight is 419 g/mol. The van der Waals surface area contributed by atoms with Gasteiger partial charge >= 0.3 is 0 Å². The van der Waals surface area contributed by atoms with Crippen molar-refractivity contribution in [1.29, 1.82) is 0 Å². The van der Waals surface area contributed by atoms with Gasteiger partial charge in [0.05, 0.1) is 43.8 Å². The fraction of sp³-hybridized carbons (Fsp3) is 0.476. The Morgan fingerprint density at radius 2 is 1.97 bits per heavy atom. The molecule has 1 aromatic heterocycles. The first-order valence-corrected chi connectivity index (χ1v) is 10.6. The number of nitrogens with one attached hydrogen (secondary N) is 2. The van der Waals surface area contributed by atoms with Crippen molar-refractivity contribution >= 4 is 23.2 Å². The molecule has 0 bridgehead atoms. The molecule has 0 saturated carbocycles. The summed E-state index contributed by atoms with van der Waals surface area (Å²) in [5.41, 5.74) is 1.02. The molecular formula is C21H29ClN5O2+. The molecule has 29 heavy (non-hydrogen) atoms. The second-order valence-corrected chi connectivity index (χ2v) is 7.95. The topological polar surface area (TPSA) is 71.7 Å². The van der Waals surface area contributed by atoms with Crippen molar-refractivity contribution in [3.63, 3.8) is 0 Å². The van der Waals surface area contributed by atoms with Crippen LogP contribution < -0.4 is 20.7 Å². The summed E-state index contributed by atoms with van der Waals surface area (Å²) in [7, 11) is 0. The molecule has 7 nitrogen and oxygen atoms in total. The van der Waals surface area contributed by atoms with Crippen LogP contribution in [0.2, 0.25) is 5.02 Å². The van der Waals surface area contributed by atoms with Gasteiger partial charge in [-0.15, -0.1) is 0 Å². The fourth-order valence-electron chi connectivity index (χ4n) is 3.70. The lowest BCUT2D eigenvalue weighted by molar-refractivity contribution is -0.892. The lowest BCUT2D eigenvalue weighted by Crippen LogP contribution is -3.16. The molecule has 8 heteroatoms. The van der Waals surface area contributed by atoms with E-state index >= 15 is 0 Å². The summed E-state index contributed by atoms with van der Waals surface area (Å²) in [5, 5.41) is 7.55. The number of piperazine rings is 1. The van der Waals surface area contributed by atoms with Crippen LogP contribution in [-0.4, -0.2) is 54.5 Å². The Kier molecular flexibility index (Phi) is 7.28. The Morgan fingerprint density at radius 3 is 2.62 bits per heavy atom. The quantitative estimate of drug-likeness (QED) is 0.700. The fourth-order valence-corrected chi connectivity index (χ4v) is 3.94. The molecule has 3 rings (SSSR count). The van der Waals surface area contributed by atoms with E-state index in [1.54, 1.807) is 6.20 Å². The molecule has 1 fully saturated rings. The molecule has 0 aliphatic carbocycles. The summed E-state index contributed by atoms with van der Waals surface area (Å²) in [6, 6.07) is 9.45. The van der Waals surface area contributed by atoms with E-state index in [4.69, 9.17) is 11.6 Å². The van der Waals surface area contributed by atoms with Gasteiger partial charge in [-0.05, 0) is 25.5 Å². The molecule has 1 amide bonds. The van der Waals surface area contributed by atoms with E-state index in [1.165, 1.54) is 9.58 Å². The Hall–Kier alpha value is -2.38. The lowest BCUT2D eigenvalue weighted by Gasteiger charge is -2.33. The van der Waals surface area contributed by atoms with Gasteiger partial charge in [0.25, 0.3) is 11.5 Å². The summed E-state index contributed by atoms with van der Waals surface area (Å²) in [4.78, 5) is 28.2. The first-order valence-electron chi connectivity index (χ1n) is 10.2.